The van der Waals surface area contributed by atoms with E-state index < -0.39 is 0 Å². The third-order valence-electron chi connectivity index (χ3n) is 5.68. The first-order chi connectivity index (χ1) is 15.9. The number of carbonyl (C=O) groups is 1. The summed E-state index contributed by atoms with van der Waals surface area (Å²) in [6.45, 7) is 4.74. The molecule has 2 N–H and O–H groups in total. The van der Waals surface area contributed by atoms with Crippen molar-refractivity contribution in [3.8, 4) is 6.07 Å². The number of nitriles is 1. The van der Waals surface area contributed by atoms with Crippen LogP contribution in [0.2, 0.25) is 0 Å². The molecule has 3 aromatic rings. The van der Waals surface area contributed by atoms with Crippen molar-refractivity contribution >= 4 is 34.7 Å². The van der Waals surface area contributed by atoms with Crippen molar-refractivity contribution in [3.05, 3.63) is 96.3 Å². The average molecular weight is 476 g/mol. The van der Waals surface area contributed by atoms with E-state index in [9.17, 15) is 10.1 Å². The molecule has 8 heteroatoms. The molecule has 0 saturated heterocycles. The van der Waals surface area contributed by atoms with E-state index in [1.807, 2.05) is 31.2 Å². The molecule has 6 nitrogen and oxygen atoms in total. The first-order valence-corrected chi connectivity index (χ1v) is 12.0. The third kappa shape index (κ3) is 3.90. The van der Waals surface area contributed by atoms with E-state index in [0.29, 0.717) is 24.4 Å². The summed E-state index contributed by atoms with van der Waals surface area (Å²) < 4.78 is 11.4. The van der Waals surface area contributed by atoms with Gasteiger partial charge in [0.05, 0.1) is 18.7 Å². The van der Waals surface area contributed by atoms with Crippen LogP contribution < -0.4 is 5.73 Å². The van der Waals surface area contributed by atoms with Crippen LogP contribution in [0.5, 0.6) is 0 Å². The summed E-state index contributed by atoms with van der Waals surface area (Å²) >= 11 is 3.28. The fourth-order valence-electron chi connectivity index (χ4n) is 4.21. The fraction of sp³-hybridized carbons (Fsp3) is 0.200. The van der Waals surface area contributed by atoms with Crippen molar-refractivity contribution in [1.82, 2.24) is 4.90 Å². The maximum Gasteiger partial charge on any atom is 0.290 e. The molecule has 0 saturated carbocycles. The lowest BCUT2D eigenvalue weighted by atomic mass is 9.83. The molecule has 3 aromatic heterocycles. The van der Waals surface area contributed by atoms with E-state index in [-0.39, 0.29) is 23.5 Å². The lowest BCUT2D eigenvalue weighted by Gasteiger charge is -2.37. The van der Waals surface area contributed by atoms with Crippen molar-refractivity contribution < 1.29 is 13.9 Å². The Hall–Kier alpha value is -3.54. The fourth-order valence-corrected chi connectivity index (χ4v) is 6.07. The number of hydrogen-bond donors (Lipinski definition) is 1. The molecule has 33 heavy (non-hydrogen) atoms. The van der Waals surface area contributed by atoms with Crippen molar-refractivity contribution in [2.75, 3.05) is 13.1 Å². The zero-order chi connectivity index (χ0) is 23.1. The summed E-state index contributed by atoms with van der Waals surface area (Å²) in [5.74, 6) is 0.477. The standard InChI is InChI=1S/C25H21N3O3S2/c1-14-5-7-17(32-14)10-16-12-28(25(29)20-4-3-9-30-20)13-19-22(21-8-6-15(2)33-21)18(11-26)24(27)31-23(16)19/h3-10,22H,12-13,27H2,1-2H3/b16-10+. The predicted molar refractivity (Wildman–Crippen MR) is 128 cm³/mol. The van der Waals surface area contributed by atoms with Crippen LogP contribution >= 0.6 is 22.7 Å². The first-order valence-electron chi connectivity index (χ1n) is 10.4. The van der Waals surface area contributed by atoms with Crippen molar-refractivity contribution in [2.45, 2.75) is 19.8 Å². The Labute approximate surface area is 199 Å². The molecular weight excluding hydrogens is 454 g/mol. The van der Waals surface area contributed by atoms with Gasteiger partial charge in [0.1, 0.15) is 17.4 Å². The summed E-state index contributed by atoms with van der Waals surface area (Å²) in [6.07, 6.45) is 3.53. The van der Waals surface area contributed by atoms with Gasteiger partial charge in [-0.2, -0.15) is 5.26 Å². The number of amides is 1. The number of thiophene rings is 2. The molecule has 2 aliphatic heterocycles. The van der Waals surface area contributed by atoms with E-state index in [0.717, 1.165) is 25.8 Å². The van der Waals surface area contributed by atoms with Crippen molar-refractivity contribution in [3.63, 3.8) is 0 Å². The van der Waals surface area contributed by atoms with Gasteiger partial charge in [-0.15, -0.1) is 22.7 Å². The van der Waals surface area contributed by atoms with E-state index in [4.69, 9.17) is 14.9 Å². The van der Waals surface area contributed by atoms with Gasteiger partial charge in [-0.1, -0.05) is 0 Å². The van der Waals surface area contributed by atoms with Gasteiger partial charge in [0, 0.05) is 37.2 Å². The Balaban J connectivity index is 1.66. The summed E-state index contributed by atoms with van der Waals surface area (Å²) in [7, 11) is 0. The minimum absolute atomic E-state index is 0.117. The summed E-state index contributed by atoms with van der Waals surface area (Å²) in [6, 6.07) is 13.8. The third-order valence-corrected chi connectivity index (χ3v) is 7.70. The van der Waals surface area contributed by atoms with Crippen LogP contribution in [0.4, 0.5) is 0 Å². The zero-order valence-electron chi connectivity index (χ0n) is 18.1. The Kier molecular flexibility index (Phi) is 5.44. The number of carbonyl (C=O) groups excluding carboxylic acids is 1. The quantitative estimate of drug-likeness (QED) is 0.553. The van der Waals surface area contributed by atoms with Gasteiger partial charge in [0.15, 0.2) is 5.76 Å². The van der Waals surface area contributed by atoms with Gasteiger partial charge >= 0.3 is 0 Å². The van der Waals surface area contributed by atoms with Crippen LogP contribution in [0.1, 0.15) is 36.0 Å². The molecular formula is C25H21N3O3S2. The number of hydrogen-bond acceptors (Lipinski definition) is 7. The van der Waals surface area contributed by atoms with Gasteiger partial charge in [0.2, 0.25) is 5.88 Å². The average Bonchev–Trinajstić information content (AvgIpc) is 3.55. The molecule has 0 spiro atoms. The number of allylic oxidation sites excluding steroid dienone is 1. The van der Waals surface area contributed by atoms with Gasteiger partial charge in [0.25, 0.3) is 5.91 Å². The van der Waals surface area contributed by atoms with Crippen LogP contribution in [-0.2, 0) is 4.74 Å². The van der Waals surface area contributed by atoms with Gasteiger partial charge in [-0.25, -0.2) is 0 Å². The molecule has 0 fully saturated rings. The number of ether oxygens (including phenoxy) is 1. The summed E-state index contributed by atoms with van der Waals surface area (Å²) in [4.78, 5) is 19.4. The maximum atomic E-state index is 13.2. The van der Waals surface area contributed by atoms with E-state index in [2.05, 4.69) is 19.1 Å². The Morgan fingerprint density at radius 1 is 1.18 bits per heavy atom. The largest absolute Gasteiger partial charge is 0.459 e. The lowest BCUT2D eigenvalue weighted by molar-refractivity contribution is 0.0736. The Morgan fingerprint density at radius 3 is 2.61 bits per heavy atom. The molecule has 5 heterocycles. The monoisotopic (exact) mass is 475 g/mol. The molecule has 2 aliphatic rings. The molecule has 0 aliphatic carbocycles. The molecule has 1 atom stereocenters. The normalized spacial score (nSPS) is 19.5. The van der Waals surface area contributed by atoms with Crippen LogP contribution in [-0.4, -0.2) is 23.9 Å². The number of aryl methyl sites for hydroxylation is 2. The molecule has 166 valence electrons. The maximum absolute atomic E-state index is 13.2. The summed E-state index contributed by atoms with van der Waals surface area (Å²) in [5.41, 5.74) is 8.32. The van der Waals surface area contributed by atoms with Crippen LogP contribution in [0.3, 0.4) is 0 Å². The smallest absolute Gasteiger partial charge is 0.290 e. The molecule has 0 radical (unpaired) electrons. The highest BCUT2D eigenvalue weighted by molar-refractivity contribution is 7.12. The number of furan rings is 1. The van der Waals surface area contributed by atoms with E-state index >= 15 is 0 Å². The topological polar surface area (TPSA) is 92.5 Å². The minimum atomic E-state index is -0.363. The van der Waals surface area contributed by atoms with E-state index in [1.165, 1.54) is 11.1 Å². The molecule has 0 bridgehead atoms. The van der Waals surface area contributed by atoms with Gasteiger partial charge < -0.3 is 19.8 Å². The first kappa shape index (κ1) is 21.3. The molecule has 5 rings (SSSR count). The molecule has 0 aromatic carbocycles. The Bertz CT molecular complexity index is 1370. The Morgan fingerprint density at radius 2 is 1.97 bits per heavy atom. The van der Waals surface area contributed by atoms with Gasteiger partial charge in [-0.05, 0) is 56.3 Å². The van der Waals surface area contributed by atoms with Gasteiger partial charge in [-0.3, -0.25) is 4.79 Å². The molecule has 1 amide bonds. The molecule has 1 unspecified atom stereocenters. The summed E-state index contributed by atoms with van der Waals surface area (Å²) in [5, 5.41) is 9.93. The van der Waals surface area contributed by atoms with Crippen LogP contribution in [0.15, 0.2) is 75.4 Å². The van der Waals surface area contributed by atoms with Crippen LogP contribution in [0.25, 0.3) is 6.08 Å². The second-order valence-electron chi connectivity index (χ2n) is 7.98. The van der Waals surface area contributed by atoms with Crippen molar-refractivity contribution in [1.29, 1.82) is 5.26 Å². The van der Waals surface area contributed by atoms with Crippen molar-refractivity contribution in [2.24, 2.45) is 5.73 Å². The lowest BCUT2D eigenvalue weighted by Crippen LogP contribution is -2.41. The number of rotatable bonds is 3. The number of nitrogens with zero attached hydrogens (tertiary/aromatic N) is 2. The number of nitrogens with two attached hydrogens (primary N) is 1. The minimum Gasteiger partial charge on any atom is -0.459 e. The highest BCUT2D eigenvalue weighted by atomic mass is 32.1. The highest BCUT2D eigenvalue weighted by Gasteiger charge is 2.40. The SMILES string of the molecule is Cc1ccc(/C=C2\CN(C(=O)c3ccco3)CC3=C2OC(N)=C(C#N)C3c2ccc(C)s2)s1. The van der Waals surface area contributed by atoms with E-state index in [1.54, 1.807) is 39.7 Å². The second kappa shape index (κ2) is 8.43. The van der Waals surface area contributed by atoms with Crippen LogP contribution in [0, 0.1) is 25.2 Å². The highest BCUT2D eigenvalue weighted by Crippen LogP contribution is 2.45. The zero-order valence-corrected chi connectivity index (χ0v) is 19.8. The second-order valence-corrected chi connectivity index (χ2v) is 10.6. The predicted octanol–water partition coefficient (Wildman–Crippen LogP) is 5.32.